The number of carbonyl (C=O) groups is 5. The number of nitrogens with zero attached hydrogens (tertiary/aromatic N) is 4. The number of para-hydroxylation sites is 1. The molecular weight excluding hydrogens is 809 g/mol. The van der Waals surface area contributed by atoms with Crippen LogP contribution >= 0.6 is 11.8 Å². The van der Waals surface area contributed by atoms with Gasteiger partial charge in [0.1, 0.15) is 6.04 Å². The highest BCUT2D eigenvalue weighted by molar-refractivity contribution is 7.99. The number of benzene rings is 3. The largest absolute Gasteiger partial charge is 0.371 e. The molecule has 1 aromatic heterocycles. The molecule has 5 heterocycles. The Bertz CT molecular complexity index is 2430. The van der Waals surface area contributed by atoms with Gasteiger partial charge in [-0.2, -0.15) is 0 Å². The highest BCUT2D eigenvalue weighted by Crippen LogP contribution is 2.46. The number of carbonyl (C=O) groups excluding carboxylic acids is 5. The summed E-state index contributed by atoms with van der Waals surface area (Å²) in [6, 6.07) is 18.4. The monoisotopic (exact) mass is 870 g/mol. The number of hydrogen-bond acceptors (Lipinski definition) is 8. The molecule has 0 saturated carbocycles. The standard InChI is InChI=1S/C51H62N6O5S/c1-4-33-30-37-39(51(2,3)48-46(47(37)60)36-14-10-11-16-40(36)52-48)31-42(33)55-23-21-34(22-24-55)54-25-27-56(28-26-54)45(59)18-9-7-5-6-8-12-29-63-43-17-13-15-35-38(43)32-57(50(35)62)41-19-20-44(58)53-49(41)61/h10-11,13-17,30-31,34,41,52H,4-9,12,18-29,32H2,1-3H3,(H,53,58,61). The lowest BCUT2D eigenvalue weighted by Gasteiger charge is -2.44. The summed E-state index contributed by atoms with van der Waals surface area (Å²) in [5.74, 6) is 0.619. The van der Waals surface area contributed by atoms with Gasteiger partial charge in [-0.05, 0) is 91.3 Å². The average Bonchev–Trinajstić information content (AvgIpc) is 3.86. The summed E-state index contributed by atoms with van der Waals surface area (Å²) in [4.78, 5) is 78.1. The Hall–Kier alpha value is -4.94. The third-order valence-electron chi connectivity index (χ3n) is 14.6. The Kier molecular flexibility index (Phi) is 12.6. The van der Waals surface area contributed by atoms with Crippen LogP contribution in [0.5, 0.6) is 0 Å². The second-order valence-electron chi connectivity index (χ2n) is 18.8. The van der Waals surface area contributed by atoms with Crippen molar-refractivity contribution in [2.75, 3.05) is 49.9 Å². The minimum Gasteiger partial charge on any atom is -0.371 e. The molecule has 9 rings (SSSR count). The molecule has 3 saturated heterocycles. The Labute approximate surface area is 375 Å². The third-order valence-corrected chi connectivity index (χ3v) is 15.8. The Balaban J connectivity index is 0.672. The number of thioether (sulfide) groups is 1. The van der Waals surface area contributed by atoms with Gasteiger partial charge in [0.05, 0.1) is 5.56 Å². The van der Waals surface area contributed by atoms with E-state index in [0.717, 1.165) is 147 Å². The maximum absolute atomic E-state index is 14.1. The normalized spacial score (nSPS) is 20.3. The van der Waals surface area contributed by atoms with Crippen molar-refractivity contribution in [1.82, 2.24) is 25.0 Å². The van der Waals surface area contributed by atoms with Crippen molar-refractivity contribution < 1.29 is 24.0 Å². The van der Waals surface area contributed by atoms with Gasteiger partial charge in [0, 0.05) is 108 Å². The fourth-order valence-electron chi connectivity index (χ4n) is 11.0. The van der Waals surface area contributed by atoms with Crippen molar-refractivity contribution in [3.63, 3.8) is 0 Å². The first-order valence-electron chi connectivity index (χ1n) is 23.5. The summed E-state index contributed by atoms with van der Waals surface area (Å²) >= 11 is 1.78. The molecule has 332 valence electrons. The number of anilines is 1. The molecule has 0 bridgehead atoms. The van der Waals surface area contributed by atoms with Crippen LogP contribution in [0.3, 0.4) is 0 Å². The number of unbranched alkanes of at least 4 members (excludes halogenated alkanes) is 5. The van der Waals surface area contributed by atoms with E-state index in [2.05, 4.69) is 76.1 Å². The van der Waals surface area contributed by atoms with Crippen LogP contribution in [-0.4, -0.2) is 106 Å². The smallest absolute Gasteiger partial charge is 0.255 e. The van der Waals surface area contributed by atoms with E-state index in [1.54, 1.807) is 16.7 Å². The van der Waals surface area contributed by atoms with Gasteiger partial charge in [0.15, 0.2) is 5.78 Å². The molecule has 0 spiro atoms. The molecule has 1 aliphatic carbocycles. The fraction of sp³-hybridized carbons (Fsp3) is 0.510. The number of rotatable bonds is 14. The topological polar surface area (TPSA) is 126 Å². The van der Waals surface area contributed by atoms with E-state index < -0.39 is 6.04 Å². The minimum absolute atomic E-state index is 0.126. The van der Waals surface area contributed by atoms with Gasteiger partial charge in [-0.1, -0.05) is 70.7 Å². The summed E-state index contributed by atoms with van der Waals surface area (Å²) in [6.07, 6.45) is 10.9. The molecular formula is C51H62N6O5S. The number of piperazine rings is 1. The SMILES string of the molecule is CCc1cc2c(cc1N1CCC(N3CCN(C(=O)CCCCCCCCSc4cccc5c4CN(C4CCC(=O)NC4=O)C5=O)CC3)CC1)C(C)(C)c1[nH]c3ccccc3c1C2=O. The Morgan fingerprint density at radius 3 is 2.33 bits per heavy atom. The molecule has 11 nitrogen and oxygen atoms in total. The van der Waals surface area contributed by atoms with Gasteiger partial charge in [0.2, 0.25) is 17.7 Å². The number of amides is 4. The zero-order chi connectivity index (χ0) is 43.8. The number of H-pyrrole nitrogens is 1. The lowest BCUT2D eigenvalue weighted by atomic mass is 9.70. The summed E-state index contributed by atoms with van der Waals surface area (Å²) < 4.78 is 0. The summed E-state index contributed by atoms with van der Waals surface area (Å²) in [5, 5.41) is 3.39. The number of nitrogens with one attached hydrogen (secondary N) is 2. The highest BCUT2D eigenvalue weighted by Gasteiger charge is 2.42. The number of piperidine rings is 2. The number of aryl methyl sites for hydroxylation is 1. The predicted octanol–water partition coefficient (Wildman–Crippen LogP) is 8.00. The predicted molar refractivity (Wildman–Crippen MR) is 249 cm³/mol. The summed E-state index contributed by atoms with van der Waals surface area (Å²) in [6.45, 7) is 12.6. The van der Waals surface area contributed by atoms with Gasteiger partial charge in [-0.3, -0.25) is 34.2 Å². The van der Waals surface area contributed by atoms with Gasteiger partial charge >= 0.3 is 0 Å². The van der Waals surface area contributed by atoms with Crippen molar-refractivity contribution >= 4 is 57.8 Å². The molecule has 3 fully saturated rings. The minimum atomic E-state index is -0.593. The molecule has 5 aliphatic rings. The first kappa shape index (κ1) is 43.3. The van der Waals surface area contributed by atoms with E-state index in [0.29, 0.717) is 36.9 Å². The van der Waals surface area contributed by atoms with Crippen LogP contribution in [0.1, 0.15) is 140 Å². The fourth-order valence-corrected chi connectivity index (χ4v) is 12.0. The number of hydrogen-bond donors (Lipinski definition) is 2. The van der Waals surface area contributed by atoms with E-state index in [4.69, 9.17) is 0 Å². The van der Waals surface area contributed by atoms with E-state index >= 15 is 0 Å². The molecule has 0 radical (unpaired) electrons. The Morgan fingerprint density at radius 2 is 1.57 bits per heavy atom. The van der Waals surface area contributed by atoms with Crippen LogP contribution in [-0.2, 0) is 32.8 Å². The van der Waals surface area contributed by atoms with Gasteiger partial charge in [-0.25, -0.2) is 0 Å². The maximum atomic E-state index is 14.1. The van der Waals surface area contributed by atoms with E-state index in [9.17, 15) is 24.0 Å². The number of fused-ring (bicyclic) bond motifs is 5. The lowest BCUT2D eigenvalue weighted by Crippen LogP contribution is -2.54. The molecule has 4 amide bonds. The van der Waals surface area contributed by atoms with Crippen molar-refractivity contribution in [1.29, 1.82) is 0 Å². The van der Waals surface area contributed by atoms with E-state index in [1.165, 1.54) is 11.3 Å². The second-order valence-corrected chi connectivity index (χ2v) is 19.9. The molecule has 1 unspecified atom stereocenters. The van der Waals surface area contributed by atoms with Gasteiger partial charge < -0.3 is 19.7 Å². The van der Waals surface area contributed by atoms with E-state index in [-0.39, 0.29) is 35.3 Å². The van der Waals surface area contributed by atoms with Crippen molar-refractivity contribution in [3.05, 3.63) is 93.7 Å². The second kappa shape index (κ2) is 18.3. The summed E-state index contributed by atoms with van der Waals surface area (Å²) in [7, 11) is 0. The molecule has 12 heteroatoms. The van der Waals surface area contributed by atoms with Crippen molar-refractivity contribution in [2.24, 2.45) is 0 Å². The molecule has 2 N–H and O–H groups in total. The number of aromatic amines is 1. The van der Waals surface area contributed by atoms with Gasteiger partial charge in [-0.15, -0.1) is 11.8 Å². The first-order valence-corrected chi connectivity index (χ1v) is 24.5. The molecule has 63 heavy (non-hydrogen) atoms. The van der Waals surface area contributed by atoms with E-state index in [1.807, 2.05) is 24.3 Å². The number of imide groups is 1. The average molecular weight is 871 g/mol. The molecule has 4 aromatic rings. The number of ketones is 1. The maximum Gasteiger partial charge on any atom is 0.255 e. The third kappa shape index (κ3) is 8.45. The van der Waals surface area contributed by atoms with Gasteiger partial charge in [0.25, 0.3) is 5.91 Å². The van der Waals surface area contributed by atoms with Crippen LogP contribution in [0.4, 0.5) is 5.69 Å². The van der Waals surface area contributed by atoms with Crippen molar-refractivity contribution in [3.8, 4) is 0 Å². The van der Waals surface area contributed by atoms with Crippen LogP contribution < -0.4 is 10.2 Å². The quantitative estimate of drug-likeness (QED) is 0.0743. The lowest BCUT2D eigenvalue weighted by molar-refractivity contribution is -0.137. The summed E-state index contributed by atoms with van der Waals surface area (Å²) in [5.41, 5.74) is 8.69. The zero-order valence-electron chi connectivity index (χ0n) is 37.2. The number of aromatic nitrogens is 1. The van der Waals surface area contributed by atoms with Crippen LogP contribution in [0, 0.1) is 0 Å². The van der Waals surface area contributed by atoms with Crippen LogP contribution in [0.15, 0.2) is 59.5 Å². The molecule has 4 aliphatic heterocycles. The van der Waals surface area contributed by atoms with Crippen molar-refractivity contribution in [2.45, 2.75) is 127 Å². The molecule has 1 atom stereocenters. The Morgan fingerprint density at radius 1 is 0.825 bits per heavy atom. The first-order chi connectivity index (χ1) is 30.5. The van der Waals surface area contributed by atoms with Crippen LogP contribution in [0.2, 0.25) is 0 Å². The highest BCUT2D eigenvalue weighted by atomic mass is 32.2. The van der Waals surface area contributed by atoms with Crippen LogP contribution in [0.25, 0.3) is 10.9 Å². The molecule has 3 aromatic carbocycles. The zero-order valence-corrected chi connectivity index (χ0v) is 38.0.